The number of aryl methyl sites for hydroxylation is 1. The summed E-state index contributed by atoms with van der Waals surface area (Å²) in [5.41, 5.74) is 2.25. The molecule has 0 saturated heterocycles. The highest BCUT2D eigenvalue weighted by Crippen LogP contribution is 2.23. The molecule has 4 nitrogen and oxygen atoms in total. The SMILES string of the molecule is Cc1cccc(-n2c(Oc3ccccc3)nc3ccccc3c2=O)c1. The second kappa shape index (κ2) is 6.24. The van der Waals surface area contributed by atoms with Gasteiger partial charge < -0.3 is 4.74 Å². The van der Waals surface area contributed by atoms with Gasteiger partial charge in [-0.05, 0) is 48.9 Å². The molecule has 0 spiro atoms. The minimum atomic E-state index is -0.151. The molecule has 0 fully saturated rings. The summed E-state index contributed by atoms with van der Waals surface area (Å²) in [5, 5.41) is 0.560. The van der Waals surface area contributed by atoms with E-state index in [1.54, 1.807) is 6.07 Å². The first-order chi connectivity index (χ1) is 12.2. The molecule has 0 aliphatic carbocycles. The molecule has 0 amide bonds. The van der Waals surface area contributed by atoms with Gasteiger partial charge in [0.05, 0.1) is 16.6 Å². The number of hydrogen-bond acceptors (Lipinski definition) is 3. The molecule has 4 aromatic rings. The van der Waals surface area contributed by atoms with Gasteiger partial charge in [-0.2, -0.15) is 4.98 Å². The van der Waals surface area contributed by atoms with Gasteiger partial charge >= 0.3 is 6.01 Å². The fraction of sp³-hybridized carbons (Fsp3) is 0.0476. The topological polar surface area (TPSA) is 44.1 Å². The van der Waals surface area contributed by atoms with E-state index in [2.05, 4.69) is 4.98 Å². The summed E-state index contributed by atoms with van der Waals surface area (Å²) >= 11 is 0. The lowest BCUT2D eigenvalue weighted by Gasteiger charge is -2.14. The summed E-state index contributed by atoms with van der Waals surface area (Å²) in [6, 6.07) is 24.6. The quantitative estimate of drug-likeness (QED) is 0.557. The molecule has 25 heavy (non-hydrogen) atoms. The first-order valence-corrected chi connectivity index (χ1v) is 8.04. The molecule has 0 saturated carbocycles. The van der Waals surface area contributed by atoms with E-state index in [0.717, 1.165) is 11.3 Å². The molecule has 4 heteroatoms. The smallest absolute Gasteiger partial charge is 0.310 e. The molecule has 0 radical (unpaired) electrons. The molecule has 0 aliphatic heterocycles. The van der Waals surface area contributed by atoms with Crippen LogP contribution in [0.4, 0.5) is 0 Å². The second-order valence-electron chi connectivity index (χ2n) is 5.81. The Balaban J connectivity index is 1.99. The van der Waals surface area contributed by atoms with Gasteiger partial charge in [0, 0.05) is 0 Å². The standard InChI is InChI=1S/C21H16N2O2/c1-15-8-7-9-16(14-15)23-20(24)18-12-5-6-13-19(18)22-21(23)25-17-10-3-2-4-11-17/h2-14H,1H3. The van der Waals surface area contributed by atoms with E-state index in [0.29, 0.717) is 16.7 Å². The minimum Gasteiger partial charge on any atom is -0.425 e. The average molecular weight is 328 g/mol. The number of benzene rings is 3. The van der Waals surface area contributed by atoms with Crippen LogP contribution in [-0.2, 0) is 0 Å². The van der Waals surface area contributed by atoms with E-state index < -0.39 is 0 Å². The largest absolute Gasteiger partial charge is 0.425 e. The lowest BCUT2D eigenvalue weighted by atomic mass is 10.2. The predicted molar refractivity (Wildman–Crippen MR) is 98.6 cm³/mol. The van der Waals surface area contributed by atoms with Crippen molar-refractivity contribution in [3.05, 3.63) is 94.8 Å². The summed E-state index contributed by atoms with van der Waals surface area (Å²) in [6.07, 6.45) is 0. The Labute approximate surface area is 145 Å². The third kappa shape index (κ3) is 2.90. The van der Waals surface area contributed by atoms with Crippen LogP contribution in [0.5, 0.6) is 11.8 Å². The van der Waals surface area contributed by atoms with Crippen molar-refractivity contribution < 1.29 is 4.74 Å². The summed E-state index contributed by atoms with van der Waals surface area (Å²) in [4.78, 5) is 17.7. The number of aromatic nitrogens is 2. The lowest BCUT2D eigenvalue weighted by Crippen LogP contribution is -2.21. The maximum absolute atomic E-state index is 13.1. The molecule has 3 aromatic carbocycles. The van der Waals surface area contributed by atoms with E-state index in [-0.39, 0.29) is 11.6 Å². The fourth-order valence-corrected chi connectivity index (χ4v) is 2.77. The van der Waals surface area contributed by atoms with E-state index in [1.165, 1.54) is 4.57 Å². The first kappa shape index (κ1) is 15.1. The van der Waals surface area contributed by atoms with Crippen LogP contribution in [0.25, 0.3) is 16.6 Å². The van der Waals surface area contributed by atoms with Crippen LogP contribution in [0.2, 0.25) is 0 Å². The van der Waals surface area contributed by atoms with Gasteiger partial charge in [0.15, 0.2) is 0 Å². The van der Waals surface area contributed by atoms with E-state index in [9.17, 15) is 4.79 Å². The van der Waals surface area contributed by atoms with Gasteiger partial charge in [-0.1, -0.05) is 42.5 Å². The van der Waals surface area contributed by atoms with Crippen LogP contribution in [0.3, 0.4) is 0 Å². The summed E-state index contributed by atoms with van der Waals surface area (Å²) in [5.74, 6) is 0.631. The molecule has 122 valence electrons. The molecule has 0 atom stereocenters. The molecular weight excluding hydrogens is 312 g/mol. The Bertz CT molecular complexity index is 1100. The predicted octanol–water partition coefficient (Wildman–Crippen LogP) is 4.49. The Morgan fingerprint density at radius 1 is 0.880 bits per heavy atom. The summed E-state index contributed by atoms with van der Waals surface area (Å²) < 4.78 is 7.46. The molecule has 1 heterocycles. The van der Waals surface area contributed by atoms with Crippen molar-refractivity contribution in [1.29, 1.82) is 0 Å². The molecule has 4 rings (SSSR count). The van der Waals surface area contributed by atoms with Gasteiger partial charge in [-0.25, -0.2) is 4.57 Å². The summed E-state index contributed by atoms with van der Waals surface area (Å²) in [7, 11) is 0. The Morgan fingerprint density at radius 3 is 2.44 bits per heavy atom. The number of para-hydroxylation sites is 2. The zero-order valence-electron chi connectivity index (χ0n) is 13.7. The minimum absolute atomic E-state index is 0.151. The lowest BCUT2D eigenvalue weighted by molar-refractivity contribution is 0.427. The maximum atomic E-state index is 13.1. The monoisotopic (exact) mass is 328 g/mol. The van der Waals surface area contributed by atoms with Crippen molar-refractivity contribution in [2.45, 2.75) is 6.92 Å². The van der Waals surface area contributed by atoms with E-state index >= 15 is 0 Å². The van der Waals surface area contributed by atoms with Crippen molar-refractivity contribution in [3.8, 4) is 17.4 Å². The normalized spacial score (nSPS) is 10.8. The Hall–Kier alpha value is -3.40. The number of hydrogen-bond donors (Lipinski definition) is 0. The van der Waals surface area contributed by atoms with Crippen molar-refractivity contribution in [2.24, 2.45) is 0 Å². The second-order valence-corrected chi connectivity index (χ2v) is 5.81. The number of nitrogens with zero attached hydrogens (tertiary/aromatic N) is 2. The Morgan fingerprint density at radius 2 is 1.64 bits per heavy atom. The number of ether oxygens (including phenoxy) is 1. The van der Waals surface area contributed by atoms with Gasteiger partial charge in [-0.15, -0.1) is 0 Å². The molecule has 0 bridgehead atoms. The van der Waals surface area contributed by atoms with Crippen molar-refractivity contribution in [1.82, 2.24) is 9.55 Å². The van der Waals surface area contributed by atoms with Crippen molar-refractivity contribution >= 4 is 10.9 Å². The van der Waals surface area contributed by atoms with Gasteiger partial charge in [0.1, 0.15) is 5.75 Å². The average Bonchev–Trinajstić information content (AvgIpc) is 2.63. The third-order valence-electron chi connectivity index (χ3n) is 3.96. The zero-order chi connectivity index (χ0) is 17.2. The van der Waals surface area contributed by atoms with Crippen LogP contribution in [-0.4, -0.2) is 9.55 Å². The zero-order valence-corrected chi connectivity index (χ0v) is 13.7. The first-order valence-electron chi connectivity index (χ1n) is 8.04. The van der Waals surface area contributed by atoms with Crippen LogP contribution in [0.15, 0.2) is 83.7 Å². The van der Waals surface area contributed by atoms with E-state index in [1.807, 2.05) is 79.7 Å². The highest BCUT2D eigenvalue weighted by atomic mass is 16.5. The molecule has 0 N–H and O–H groups in total. The summed E-state index contributed by atoms with van der Waals surface area (Å²) in [6.45, 7) is 1.99. The van der Waals surface area contributed by atoms with E-state index in [4.69, 9.17) is 4.74 Å². The third-order valence-corrected chi connectivity index (χ3v) is 3.96. The molecular formula is C21H16N2O2. The van der Waals surface area contributed by atoms with Crippen LogP contribution in [0.1, 0.15) is 5.56 Å². The van der Waals surface area contributed by atoms with Gasteiger partial charge in [0.2, 0.25) is 0 Å². The highest BCUT2D eigenvalue weighted by Gasteiger charge is 2.14. The number of rotatable bonds is 3. The van der Waals surface area contributed by atoms with Crippen LogP contribution in [0, 0.1) is 6.92 Å². The van der Waals surface area contributed by atoms with Gasteiger partial charge in [-0.3, -0.25) is 4.79 Å². The van der Waals surface area contributed by atoms with Crippen LogP contribution < -0.4 is 10.3 Å². The van der Waals surface area contributed by atoms with Crippen molar-refractivity contribution in [3.63, 3.8) is 0 Å². The maximum Gasteiger partial charge on any atom is 0.310 e. The molecule has 0 aliphatic rings. The number of fused-ring (bicyclic) bond motifs is 1. The van der Waals surface area contributed by atoms with Gasteiger partial charge in [0.25, 0.3) is 5.56 Å². The van der Waals surface area contributed by atoms with Crippen molar-refractivity contribution in [2.75, 3.05) is 0 Å². The highest BCUT2D eigenvalue weighted by molar-refractivity contribution is 5.78. The molecule has 0 unspecified atom stereocenters. The van der Waals surface area contributed by atoms with Crippen LogP contribution >= 0.6 is 0 Å². The Kier molecular flexibility index (Phi) is 3.78. The molecule has 1 aromatic heterocycles. The fourth-order valence-electron chi connectivity index (χ4n) is 2.77.